The molecule has 3 saturated heterocycles. The summed E-state index contributed by atoms with van der Waals surface area (Å²) < 4.78 is 0. The Morgan fingerprint density at radius 2 is 0.578 bits per heavy atom. The minimum Gasteiger partial charge on any atom is -0.478 e. The summed E-state index contributed by atoms with van der Waals surface area (Å²) in [5, 5.41) is 44.2. The van der Waals surface area contributed by atoms with Gasteiger partial charge in [0.05, 0.1) is 16.7 Å². The molecule has 0 aromatic heterocycles. The first kappa shape index (κ1) is 35.4. The highest BCUT2D eigenvalue weighted by molar-refractivity contribution is 6.06. The molecule has 6 N–H and O–H groups in total. The Morgan fingerprint density at radius 3 is 0.711 bits per heavy atom. The number of benzene rings is 1. The lowest BCUT2D eigenvalue weighted by Crippen LogP contribution is -2.58. The van der Waals surface area contributed by atoms with Crippen LogP contribution in [0, 0.1) is 0 Å². The van der Waals surface area contributed by atoms with Crippen LogP contribution in [-0.2, 0) is 0 Å². The van der Waals surface area contributed by atoms with E-state index in [2.05, 4.69) is 99.0 Å². The summed E-state index contributed by atoms with van der Waals surface area (Å²) in [6.07, 6.45) is 3.14. The van der Waals surface area contributed by atoms with Crippen molar-refractivity contribution >= 4 is 17.9 Å². The molecule has 1 aromatic carbocycles. The molecule has 3 aliphatic heterocycles. The van der Waals surface area contributed by atoms with Crippen LogP contribution in [0.5, 0.6) is 0 Å². The van der Waals surface area contributed by atoms with E-state index < -0.39 is 68.9 Å². The van der Waals surface area contributed by atoms with E-state index in [-0.39, 0.29) is 16.7 Å². The van der Waals surface area contributed by atoms with E-state index in [1.54, 1.807) is 0 Å². The number of carboxylic acid groups (broad SMARTS) is 3. The van der Waals surface area contributed by atoms with Gasteiger partial charge in [0.2, 0.25) is 0 Å². The topological polar surface area (TPSA) is 148 Å². The summed E-state index contributed by atoms with van der Waals surface area (Å²) in [4.78, 5) is 40.8. The molecule has 0 radical (unpaired) electrons. The zero-order valence-corrected chi connectivity index (χ0v) is 29.5. The first-order valence-corrected chi connectivity index (χ1v) is 16.5. The molecule has 0 unspecified atom stereocenters. The Hall–Kier alpha value is -2.49. The zero-order valence-electron chi connectivity index (χ0n) is 29.5. The largest absolute Gasteiger partial charge is 0.478 e. The number of carboxylic acids is 3. The fraction of sp³-hybridized carbons (Fsp3) is 0.750. The molecular weight excluding hydrogens is 570 g/mol. The van der Waals surface area contributed by atoms with Crippen molar-refractivity contribution in [2.45, 2.75) is 173 Å². The van der Waals surface area contributed by atoms with Gasteiger partial charge in [-0.3, -0.25) is 0 Å². The van der Waals surface area contributed by atoms with Gasteiger partial charge < -0.3 is 31.3 Å². The van der Waals surface area contributed by atoms with E-state index >= 15 is 0 Å². The first-order valence-electron chi connectivity index (χ1n) is 16.5. The number of aromatic carboxylic acids is 3. The summed E-state index contributed by atoms with van der Waals surface area (Å²) >= 11 is 0. The van der Waals surface area contributed by atoms with Gasteiger partial charge >= 0.3 is 17.9 Å². The molecule has 9 heteroatoms. The lowest BCUT2D eigenvalue weighted by molar-refractivity contribution is 0.0675. The zero-order chi connectivity index (χ0) is 34.3. The molecule has 252 valence electrons. The smallest absolute Gasteiger partial charge is 0.336 e. The number of hydrogen-bond acceptors (Lipinski definition) is 6. The highest BCUT2D eigenvalue weighted by Gasteiger charge is 2.49. The van der Waals surface area contributed by atoms with Crippen LogP contribution in [0.1, 0.15) is 187 Å². The van der Waals surface area contributed by atoms with Gasteiger partial charge in [0.25, 0.3) is 0 Å². The SMILES string of the molecule is CC1(C)CC(c2c(C(=O)O)c(C3CC(C)(C)NC(C)(C)C3)c(C(=O)O)c(C3CC(C)(C)NC(C)(C)C3)c2C(=O)O)CC(C)(C)N1. The standard InChI is InChI=1S/C36H57N3O6/c1-31(2)13-19(14-32(3,4)37-31)22-25(28(40)41)23(20-15-33(5,6)38-34(7,8)16-20)27(30(44)45)24(26(22)29(42)43)21-17-35(9,10)39-36(11,12)18-21/h19-21,37-39H,13-18H2,1-12H3,(H,40,41)(H,42,43)(H,44,45). The van der Waals surface area contributed by atoms with E-state index in [0.717, 1.165) is 0 Å². The molecule has 0 bridgehead atoms. The molecule has 0 atom stereocenters. The summed E-state index contributed by atoms with van der Waals surface area (Å²) in [6.45, 7) is 24.7. The Balaban J connectivity index is 2.23. The quantitative estimate of drug-likeness (QED) is 0.199. The lowest BCUT2D eigenvalue weighted by atomic mass is 9.63. The Bertz CT molecular complexity index is 1170. The summed E-state index contributed by atoms with van der Waals surface area (Å²) in [7, 11) is 0. The molecule has 9 nitrogen and oxygen atoms in total. The van der Waals surface area contributed by atoms with E-state index in [1.807, 2.05) is 0 Å². The second-order valence-corrected chi connectivity index (χ2v) is 18.3. The van der Waals surface area contributed by atoms with Crippen molar-refractivity contribution < 1.29 is 29.7 Å². The Kier molecular flexibility index (Phi) is 8.69. The molecule has 3 aliphatic rings. The van der Waals surface area contributed by atoms with Crippen LogP contribution in [0.15, 0.2) is 0 Å². The molecule has 3 fully saturated rings. The summed E-state index contributed by atoms with van der Waals surface area (Å²) in [5.74, 6) is -4.99. The number of hydrogen-bond donors (Lipinski definition) is 6. The third-order valence-electron chi connectivity index (χ3n) is 10.1. The lowest BCUT2D eigenvalue weighted by Gasteiger charge is -2.50. The molecule has 45 heavy (non-hydrogen) atoms. The average molecular weight is 628 g/mol. The third-order valence-corrected chi connectivity index (χ3v) is 10.1. The van der Waals surface area contributed by atoms with Crippen LogP contribution < -0.4 is 16.0 Å². The second kappa shape index (κ2) is 11.1. The maximum absolute atomic E-state index is 13.6. The van der Waals surface area contributed by atoms with Crippen molar-refractivity contribution in [3.05, 3.63) is 33.4 Å². The number of nitrogens with one attached hydrogen (secondary N) is 3. The van der Waals surface area contributed by atoms with Gasteiger partial charge in [0, 0.05) is 33.2 Å². The van der Waals surface area contributed by atoms with Crippen molar-refractivity contribution in [2.24, 2.45) is 0 Å². The molecule has 0 aliphatic carbocycles. The fourth-order valence-corrected chi connectivity index (χ4v) is 10.3. The van der Waals surface area contributed by atoms with Gasteiger partial charge in [-0.2, -0.15) is 0 Å². The predicted molar refractivity (Wildman–Crippen MR) is 177 cm³/mol. The molecule has 0 spiro atoms. The maximum atomic E-state index is 13.6. The molecule has 4 rings (SSSR count). The first-order chi connectivity index (χ1) is 20.2. The number of rotatable bonds is 6. The van der Waals surface area contributed by atoms with Crippen molar-refractivity contribution in [3.63, 3.8) is 0 Å². The van der Waals surface area contributed by atoms with Gasteiger partial charge in [0.1, 0.15) is 0 Å². The van der Waals surface area contributed by atoms with Crippen molar-refractivity contribution in [3.8, 4) is 0 Å². The van der Waals surface area contributed by atoms with Crippen LogP contribution in [0.3, 0.4) is 0 Å². The van der Waals surface area contributed by atoms with E-state index in [9.17, 15) is 29.7 Å². The van der Waals surface area contributed by atoms with Gasteiger partial charge in [0.15, 0.2) is 0 Å². The van der Waals surface area contributed by atoms with Crippen molar-refractivity contribution in [1.29, 1.82) is 0 Å². The van der Waals surface area contributed by atoms with Crippen LogP contribution >= 0.6 is 0 Å². The van der Waals surface area contributed by atoms with Gasteiger partial charge in [-0.1, -0.05) is 0 Å². The van der Waals surface area contributed by atoms with E-state index in [0.29, 0.717) is 55.2 Å². The second-order valence-electron chi connectivity index (χ2n) is 18.3. The molecule has 3 heterocycles. The van der Waals surface area contributed by atoms with Crippen LogP contribution in [0.4, 0.5) is 0 Å². The highest BCUT2D eigenvalue weighted by Crippen LogP contribution is 2.52. The fourth-order valence-electron chi connectivity index (χ4n) is 10.3. The normalized spacial score (nSPS) is 25.9. The van der Waals surface area contributed by atoms with Crippen LogP contribution in [-0.4, -0.2) is 66.5 Å². The van der Waals surface area contributed by atoms with E-state index in [4.69, 9.17) is 0 Å². The van der Waals surface area contributed by atoms with Gasteiger partial charge in [-0.05, 0) is 156 Å². The highest BCUT2D eigenvalue weighted by atomic mass is 16.4. The predicted octanol–water partition coefficient (Wildman–Crippen LogP) is 6.85. The van der Waals surface area contributed by atoms with Crippen molar-refractivity contribution in [1.82, 2.24) is 16.0 Å². The van der Waals surface area contributed by atoms with E-state index in [1.165, 1.54) is 0 Å². The minimum atomic E-state index is -1.26. The summed E-state index contributed by atoms with van der Waals surface area (Å²) in [5.41, 5.74) is -1.84. The average Bonchev–Trinajstić information content (AvgIpc) is 2.75. The van der Waals surface area contributed by atoms with Crippen LogP contribution in [0.25, 0.3) is 0 Å². The monoisotopic (exact) mass is 627 g/mol. The molecule has 0 saturated carbocycles. The minimum absolute atomic E-state index is 0.113. The number of carbonyl (C=O) groups is 3. The molecule has 0 amide bonds. The summed E-state index contributed by atoms with van der Waals surface area (Å²) in [6, 6.07) is 0. The molecular formula is C36H57N3O6. The Labute approximate surface area is 269 Å². The third kappa shape index (κ3) is 7.41. The maximum Gasteiger partial charge on any atom is 0.336 e. The van der Waals surface area contributed by atoms with Crippen molar-refractivity contribution in [2.75, 3.05) is 0 Å². The van der Waals surface area contributed by atoms with Crippen LogP contribution in [0.2, 0.25) is 0 Å². The van der Waals surface area contributed by atoms with Gasteiger partial charge in [-0.25, -0.2) is 14.4 Å². The van der Waals surface area contributed by atoms with Gasteiger partial charge in [-0.15, -0.1) is 0 Å². The Morgan fingerprint density at radius 1 is 0.422 bits per heavy atom. The number of piperidine rings is 3. The molecule has 1 aromatic rings.